The zero-order valence-corrected chi connectivity index (χ0v) is 13.7. The van der Waals surface area contributed by atoms with Crippen molar-refractivity contribution in [2.24, 2.45) is 0 Å². The molecule has 20 heavy (non-hydrogen) atoms. The quantitative estimate of drug-likeness (QED) is 0.742. The number of nitrogens with one attached hydrogen (secondary N) is 1. The molecule has 0 aliphatic heterocycles. The SMILES string of the molecule is CC(C)(C)c1cc(O)c(CNCCO)c(C(C)(C)C)c1. The number of phenolic OH excluding ortho intramolecular Hbond substituents is 1. The first-order valence-electron chi connectivity index (χ1n) is 7.26. The third-order valence-corrected chi connectivity index (χ3v) is 3.49. The van der Waals surface area contributed by atoms with Gasteiger partial charge in [-0.25, -0.2) is 0 Å². The molecule has 3 heteroatoms. The Kier molecular flexibility index (Phi) is 5.22. The first-order chi connectivity index (χ1) is 9.07. The maximum Gasteiger partial charge on any atom is 0.120 e. The van der Waals surface area contributed by atoms with Crippen LogP contribution in [0.15, 0.2) is 12.1 Å². The molecule has 0 amide bonds. The maximum atomic E-state index is 10.4. The molecular formula is C17H29NO2. The zero-order chi connectivity index (χ0) is 15.6. The van der Waals surface area contributed by atoms with Crippen molar-refractivity contribution in [1.82, 2.24) is 5.32 Å². The molecule has 0 fully saturated rings. The van der Waals surface area contributed by atoms with E-state index in [9.17, 15) is 5.11 Å². The number of aromatic hydroxyl groups is 1. The summed E-state index contributed by atoms with van der Waals surface area (Å²) in [7, 11) is 0. The zero-order valence-electron chi connectivity index (χ0n) is 13.7. The second kappa shape index (κ2) is 6.15. The molecule has 0 unspecified atom stereocenters. The van der Waals surface area contributed by atoms with Gasteiger partial charge in [-0.2, -0.15) is 0 Å². The average Bonchev–Trinajstić information content (AvgIpc) is 2.28. The third-order valence-electron chi connectivity index (χ3n) is 3.49. The van der Waals surface area contributed by atoms with E-state index < -0.39 is 0 Å². The molecule has 0 bridgehead atoms. The van der Waals surface area contributed by atoms with Crippen LogP contribution in [-0.2, 0) is 17.4 Å². The van der Waals surface area contributed by atoms with Gasteiger partial charge in [-0.1, -0.05) is 47.6 Å². The third kappa shape index (κ3) is 4.22. The number of phenols is 1. The molecule has 0 spiro atoms. The van der Waals surface area contributed by atoms with Crippen LogP contribution in [0.3, 0.4) is 0 Å². The maximum absolute atomic E-state index is 10.4. The van der Waals surface area contributed by atoms with Gasteiger partial charge in [-0.3, -0.25) is 0 Å². The van der Waals surface area contributed by atoms with Gasteiger partial charge < -0.3 is 15.5 Å². The van der Waals surface area contributed by atoms with Crippen LogP contribution in [0, 0.1) is 0 Å². The molecule has 1 rings (SSSR count). The van der Waals surface area contributed by atoms with Crippen molar-refractivity contribution in [3.05, 3.63) is 28.8 Å². The summed E-state index contributed by atoms with van der Waals surface area (Å²) >= 11 is 0. The smallest absolute Gasteiger partial charge is 0.120 e. The summed E-state index contributed by atoms with van der Waals surface area (Å²) in [6, 6.07) is 4.07. The van der Waals surface area contributed by atoms with Crippen molar-refractivity contribution in [3.8, 4) is 5.75 Å². The van der Waals surface area contributed by atoms with Gasteiger partial charge in [-0.15, -0.1) is 0 Å². The lowest BCUT2D eigenvalue weighted by atomic mass is 9.78. The lowest BCUT2D eigenvalue weighted by molar-refractivity contribution is 0.291. The monoisotopic (exact) mass is 279 g/mol. The van der Waals surface area contributed by atoms with Crippen molar-refractivity contribution in [3.63, 3.8) is 0 Å². The van der Waals surface area contributed by atoms with E-state index in [4.69, 9.17) is 5.11 Å². The standard InChI is InChI=1S/C17H29NO2/c1-16(2,3)12-9-14(17(4,5)6)13(15(20)10-12)11-18-7-8-19/h9-10,18-20H,7-8,11H2,1-6H3. The minimum atomic E-state index is -0.0328. The molecule has 1 aromatic carbocycles. The van der Waals surface area contributed by atoms with Crippen molar-refractivity contribution >= 4 is 0 Å². The van der Waals surface area contributed by atoms with Crippen LogP contribution in [0.25, 0.3) is 0 Å². The predicted molar refractivity (Wildman–Crippen MR) is 84.3 cm³/mol. The van der Waals surface area contributed by atoms with Gasteiger partial charge in [0.1, 0.15) is 5.75 Å². The predicted octanol–water partition coefficient (Wildman–Crippen LogP) is 3.07. The summed E-state index contributed by atoms with van der Waals surface area (Å²) in [6.45, 7) is 14.1. The molecule has 0 radical (unpaired) electrons. The number of benzene rings is 1. The van der Waals surface area contributed by atoms with Gasteiger partial charge >= 0.3 is 0 Å². The number of hydrogen-bond donors (Lipinski definition) is 3. The summed E-state index contributed by atoms with van der Waals surface area (Å²) < 4.78 is 0. The molecule has 0 aliphatic rings. The number of hydrogen-bond acceptors (Lipinski definition) is 3. The van der Waals surface area contributed by atoms with Crippen molar-refractivity contribution < 1.29 is 10.2 Å². The Balaban J connectivity index is 3.29. The van der Waals surface area contributed by atoms with Crippen molar-refractivity contribution in [2.75, 3.05) is 13.2 Å². The Labute approximate surface area is 123 Å². The van der Waals surface area contributed by atoms with Crippen LogP contribution in [-0.4, -0.2) is 23.4 Å². The minimum absolute atomic E-state index is 0.00847. The van der Waals surface area contributed by atoms with Gasteiger partial charge in [0.25, 0.3) is 0 Å². The van der Waals surface area contributed by atoms with Crippen molar-refractivity contribution in [2.45, 2.75) is 58.9 Å². The number of aliphatic hydroxyl groups excluding tert-OH is 1. The van der Waals surface area contributed by atoms with Gasteiger partial charge in [0.15, 0.2) is 0 Å². The highest BCUT2D eigenvalue weighted by molar-refractivity contribution is 5.47. The van der Waals surface area contributed by atoms with Gasteiger partial charge in [0.2, 0.25) is 0 Å². The molecule has 0 aromatic heterocycles. The molecule has 3 N–H and O–H groups in total. The average molecular weight is 279 g/mol. The largest absolute Gasteiger partial charge is 0.508 e. The van der Waals surface area contributed by atoms with Crippen LogP contribution >= 0.6 is 0 Å². The lowest BCUT2D eigenvalue weighted by Crippen LogP contribution is -2.23. The molecule has 0 atom stereocenters. The lowest BCUT2D eigenvalue weighted by Gasteiger charge is -2.28. The van der Waals surface area contributed by atoms with E-state index in [1.54, 1.807) is 0 Å². The van der Waals surface area contributed by atoms with Crippen LogP contribution in [0.5, 0.6) is 5.75 Å². The summed E-state index contributed by atoms with van der Waals surface area (Å²) in [5, 5.41) is 22.4. The first kappa shape index (κ1) is 17.0. The number of rotatable bonds is 4. The van der Waals surface area contributed by atoms with Crippen LogP contribution in [0.4, 0.5) is 0 Å². The fourth-order valence-electron chi connectivity index (χ4n) is 2.24. The Morgan fingerprint density at radius 2 is 1.60 bits per heavy atom. The Hall–Kier alpha value is -1.06. The molecule has 114 valence electrons. The highest BCUT2D eigenvalue weighted by Crippen LogP contribution is 2.36. The molecular weight excluding hydrogens is 250 g/mol. The Bertz CT molecular complexity index is 453. The highest BCUT2D eigenvalue weighted by atomic mass is 16.3. The second-order valence-electron chi connectivity index (χ2n) is 7.42. The molecule has 0 aliphatic carbocycles. The summed E-state index contributed by atoms with van der Waals surface area (Å²) in [5.74, 6) is 0.341. The fraction of sp³-hybridized carbons (Fsp3) is 0.647. The van der Waals surface area contributed by atoms with E-state index in [1.165, 1.54) is 0 Å². The Morgan fingerprint density at radius 1 is 1.00 bits per heavy atom. The van der Waals surface area contributed by atoms with Crippen LogP contribution in [0.1, 0.15) is 58.2 Å². The van der Waals surface area contributed by atoms with Gasteiger partial charge in [-0.05, 0) is 28.0 Å². The van der Waals surface area contributed by atoms with E-state index in [-0.39, 0.29) is 17.4 Å². The molecule has 0 saturated heterocycles. The van der Waals surface area contributed by atoms with Crippen LogP contribution < -0.4 is 5.32 Å². The van der Waals surface area contributed by atoms with E-state index in [2.05, 4.69) is 52.9 Å². The van der Waals surface area contributed by atoms with E-state index in [0.717, 1.165) is 16.7 Å². The molecule has 1 aromatic rings. The van der Waals surface area contributed by atoms with E-state index >= 15 is 0 Å². The molecule has 0 saturated carbocycles. The Morgan fingerprint density at radius 3 is 2.05 bits per heavy atom. The highest BCUT2D eigenvalue weighted by Gasteiger charge is 2.24. The second-order valence-corrected chi connectivity index (χ2v) is 7.42. The van der Waals surface area contributed by atoms with Crippen molar-refractivity contribution in [1.29, 1.82) is 0 Å². The van der Waals surface area contributed by atoms with E-state index in [1.807, 2.05) is 6.07 Å². The minimum Gasteiger partial charge on any atom is -0.508 e. The summed E-state index contributed by atoms with van der Waals surface area (Å²) in [6.07, 6.45) is 0. The normalized spacial score (nSPS) is 12.8. The first-order valence-corrected chi connectivity index (χ1v) is 7.26. The van der Waals surface area contributed by atoms with Crippen LogP contribution in [0.2, 0.25) is 0 Å². The van der Waals surface area contributed by atoms with Gasteiger partial charge in [0.05, 0.1) is 6.61 Å². The number of aliphatic hydroxyl groups is 1. The summed E-state index contributed by atoms with van der Waals surface area (Å²) in [4.78, 5) is 0. The molecule has 3 nitrogen and oxygen atoms in total. The van der Waals surface area contributed by atoms with E-state index in [0.29, 0.717) is 18.8 Å². The molecule has 0 heterocycles. The summed E-state index contributed by atoms with van der Waals surface area (Å²) in [5.41, 5.74) is 3.21. The fourth-order valence-corrected chi connectivity index (χ4v) is 2.24. The van der Waals surface area contributed by atoms with Gasteiger partial charge in [0, 0.05) is 18.7 Å². The topological polar surface area (TPSA) is 52.5 Å².